The average Bonchev–Trinajstić information content (AvgIpc) is 3.29. The Bertz CT molecular complexity index is 1060. The summed E-state index contributed by atoms with van der Waals surface area (Å²) in [6.45, 7) is 5.28. The van der Waals surface area contributed by atoms with Gasteiger partial charge in [-0.1, -0.05) is 24.3 Å². The number of carbonyl (C=O) groups excluding carboxylic acids is 1. The van der Waals surface area contributed by atoms with Crippen LogP contribution in [-0.4, -0.2) is 42.0 Å². The van der Waals surface area contributed by atoms with E-state index in [1.54, 1.807) is 11.3 Å². The summed E-state index contributed by atoms with van der Waals surface area (Å²) in [5.74, 6) is 1.08. The molecule has 6 heteroatoms. The number of thiazole rings is 1. The van der Waals surface area contributed by atoms with E-state index in [9.17, 15) is 4.79 Å². The number of amides is 1. The van der Waals surface area contributed by atoms with E-state index in [1.807, 2.05) is 30.0 Å². The number of para-hydroxylation sites is 1. The number of nitrogens with zero attached hydrogens (tertiary/aromatic N) is 3. The Hall–Kier alpha value is -2.70. The van der Waals surface area contributed by atoms with Gasteiger partial charge in [0.1, 0.15) is 12.4 Å². The van der Waals surface area contributed by atoms with Gasteiger partial charge in [-0.05, 0) is 37.1 Å². The van der Waals surface area contributed by atoms with Crippen LogP contribution in [0.3, 0.4) is 0 Å². The summed E-state index contributed by atoms with van der Waals surface area (Å²) in [7, 11) is 0. The van der Waals surface area contributed by atoms with Crippen LogP contribution >= 0.6 is 11.3 Å². The van der Waals surface area contributed by atoms with Crippen molar-refractivity contribution in [3.05, 3.63) is 64.0 Å². The summed E-state index contributed by atoms with van der Waals surface area (Å²) < 4.78 is 5.83. The molecule has 0 spiro atoms. The number of hydrogen-bond donors (Lipinski definition) is 0. The molecule has 5 rings (SSSR count). The van der Waals surface area contributed by atoms with Crippen molar-refractivity contribution in [3.8, 4) is 17.0 Å². The normalized spacial score (nSPS) is 16.1. The summed E-state index contributed by atoms with van der Waals surface area (Å²) in [6.07, 6.45) is 0.893. The molecule has 0 saturated carbocycles. The third-order valence-electron chi connectivity index (χ3n) is 5.58. The Labute approximate surface area is 174 Å². The molecule has 1 aromatic heterocycles. The molecule has 0 fully saturated rings. The number of benzene rings is 2. The van der Waals surface area contributed by atoms with Crippen LogP contribution < -0.4 is 9.64 Å². The monoisotopic (exact) mass is 405 g/mol. The molecule has 0 unspecified atom stereocenters. The number of carbonyl (C=O) groups is 1. The molecule has 148 valence electrons. The summed E-state index contributed by atoms with van der Waals surface area (Å²) in [4.78, 5) is 21.8. The molecule has 3 aromatic rings. The van der Waals surface area contributed by atoms with Crippen LogP contribution in [0.2, 0.25) is 0 Å². The summed E-state index contributed by atoms with van der Waals surface area (Å²) >= 11 is 1.66. The van der Waals surface area contributed by atoms with Gasteiger partial charge in [0, 0.05) is 41.8 Å². The van der Waals surface area contributed by atoms with Crippen molar-refractivity contribution >= 4 is 22.9 Å². The number of ether oxygens (including phenoxy) is 1. The predicted octanol–water partition coefficient (Wildman–Crippen LogP) is 3.90. The lowest BCUT2D eigenvalue weighted by atomic mass is 10.1. The van der Waals surface area contributed by atoms with Gasteiger partial charge in [0.15, 0.2) is 0 Å². The topological polar surface area (TPSA) is 45.7 Å². The average molecular weight is 406 g/mol. The predicted molar refractivity (Wildman–Crippen MR) is 116 cm³/mol. The molecule has 0 aliphatic carbocycles. The van der Waals surface area contributed by atoms with Gasteiger partial charge in [-0.25, -0.2) is 4.98 Å². The first-order valence-corrected chi connectivity index (χ1v) is 10.8. The molecule has 0 atom stereocenters. The van der Waals surface area contributed by atoms with Gasteiger partial charge in [0.25, 0.3) is 0 Å². The molecule has 3 heterocycles. The van der Waals surface area contributed by atoms with Crippen molar-refractivity contribution in [2.45, 2.75) is 19.9 Å². The van der Waals surface area contributed by atoms with Crippen LogP contribution in [0.25, 0.3) is 11.3 Å². The maximum Gasteiger partial charge on any atom is 0.241 e. The van der Waals surface area contributed by atoms with Gasteiger partial charge in [0.2, 0.25) is 5.91 Å². The highest BCUT2D eigenvalue weighted by Gasteiger charge is 2.27. The lowest BCUT2D eigenvalue weighted by molar-refractivity contribution is -0.119. The van der Waals surface area contributed by atoms with Crippen LogP contribution in [0, 0.1) is 6.92 Å². The minimum atomic E-state index is 0.153. The molecule has 2 aliphatic heterocycles. The number of hydrogen-bond acceptors (Lipinski definition) is 5. The molecule has 0 saturated heterocycles. The van der Waals surface area contributed by atoms with E-state index < -0.39 is 0 Å². The van der Waals surface area contributed by atoms with E-state index in [2.05, 4.69) is 39.5 Å². The first-order valence-electron chi connectivity index (χ1n) is 9.96. The van der Waals surface area contributed by atoms with Crippen LogP contribution in [0.1, 0.15) is 16.1 Å². The van der Waals surface area contributed by atoms with E-state index in [1.165, 1.54) is 5.56 Å². The number of anilines is 1. The Balaban J connectivity index is 1.31. The maximum atomic E-state index is 13.1. The van der Waals surface area contributed by atoms with Crippen molar-refractivity contribution in [2.24, 2.45) is 0 Å². The number of aryl methyl sites for hydroxylation is 1. The molecule has 0 radical (unpaired) electrons. The zero-order valence-corrected chi connectivity index (χ0v) is 17.2. The standard InChI is InChI=1S/C23H23N3O2S/c1-16-24-20(15-29-16)17-6-7-21-18(12-17)8-9-26(21)23(27)14-25-10-11-28-22-5-3-2-4-19(22)13-25/h2-7,12,15H,8-11,13-14H2,1H3. The number of fused-ring (bicyclic) bond motifs is 2. The quantitative estimate of drug-likeness (QED) is 0.663. The third-order valence-corrected chi connectivity index (χ3v) is 6.35. The van der Waals surface area contributed by atoms with E-state index in [0.717, 1.165) is 59.3 Å². The summed E-state index contributed by atoms with van der Waals surface area (Å²) in [6, 6.07) is 14.4. The van der Waals surface area contributed by atoms with E-state index >= 15 is 0 Å². The van der Waals surface area contributed by atoms with Gasteiger partial charge in [-0.3, -0.25) is 9.69 Å². The Morgan fingerprint density at radius 1 is 1.17 bits per heavy atom. The first kappa shape index (κ1) is 18.3. The Morgan fingerprint density at radius 3 is 2.93 bits per heavy atom. The fourth-order valence-electron chi connectivity index (χ4n) is 4.11. The lowest BCUT2D eigenvalue weighted by Gasteiger charge is -2.23. The molecule has 0 bridgehead atoms. The molecule has 2 aromatic carbocycles. The first-order chi connectivity index (χ1) is 14.2. The van der Waals surface area contributed by atoms with Gasteiger partial charge >= 0.3 is 0 Å². The third kappa shape index (κ3) is 3.66. The van der Waals surface area contributed by atoms with Gasteiger partial charge in [-0.15, -0.1) is 11.3 Å². The van der Waals surface area contributed by atoms with Crippen molar-refractivity contribution in [1.82, 2.24) is 9.88 Å². The second-order valence-corrected chi connectivity index (χ2v) is 8.62. The smallest absolute Gasteiger partial charge is 0.241 e. The molecule has 0 N–H and O–H groups in total. The molecular weight excluding hydrogens is 382 g/mol. The minimum absolute atomic E-state index is 0.153. The second-order valence-electron chi connectivity index (χ2n) is 7.56. The molecular formula is C23H23N3O2S. The number of rotatable bonds is 3. The van der Waals surface area contributed by atoms with E-state index in [4.69, 9.17) is 4.74 Å². The maximum absolute atomic E-state index is 13.1. The zero-order chi connectivity index (χ0) is 19.8. The van der Waals surface area contributed by atoms with Crippen LogP contribution in [-0.2, 0) is 17.8 Å². The van der Waals surface area contributed by atoms with Crippen LogP contribution in [0.15, 0.2) is 47.8 Å². The fraction of sp³-hybridized carbons (Fsp3) is 0.304. The Morgan fingerprint density at radius 2 is 2.07 bits per heavy atom. The zero-order valence-electron chi connectivity index (χ0n) is 16.4. The fourth-order valence-corrected chi connectivity index (χ4v) is 4.73. The summed E-state index contributed by atoms with van der Waals surface area (Å²) in [5.41, 5.74) is 5.55. The second kappa shape index (κ2) is 7.61. The highest BCUT2D eigenvalue weighted by Crippen LogP contribution is 2.33. The minimum Gasteiger partial charge on any atom is -0.492 e. The van der Waals surface area contributed by atoms with Crippen LogP contribution in [0.4, 0.5) is 5.69 Å². The molecule has 29 heavy (non-hydrogen) atoms. The molecule has 1 amide bonds. The van der Waals surface area contributed by atoms with Crippen molar-refractivity contribution in [2.75, 3.05) is 31.1 Å². The summed E-state index contributed by atoms with van der Waals surface area (Å²) in [5, 5.41) is 3.16. The molecule has 2 aliphatic rings. The van der Waals surface area contributed by atoms with Crippen molar-refractivity contribution < 1.29 is 9.53 Å². The Kier molecular flexibility index (Phi) is 4.81. The largest absolute Gasteiger partial charge is 0.492 e. The highest BCUT2D eigenvalue weighted by atomic mass is 32.1. The van der Waals surface area contributed by atoms with Gasteiger partial charge in [-0.2, -0.15) is 0 Å². The SMILES string of the molecule is Cc1nc(-c2ccc3c(c2)CCN3C(=O)CN2CCOc3ccccc3C2)cs1. The molecule has 5 nitrogen and oxygen atoms in total. The lowest BCUT2D eigenvalue weighted by Crippen LogP contribution is -2.40. The highest BCUT2D eigenvalue weighted by molar-refractivity contribution is 7.09. The van der Waals surface area contributed by atoms with E-state index in [0.29, 0.717) is 13.2 Å². The van der Waals surface area contributed by atoms with Crippen LogP contribution in [0.5, 0.6) is 5.75 Å². The van der Waals surface area contributed by atoms with Crippen molar-refractivity contribution in [1.29, 1.82) is 0 Å². The van der Waals surface area contributed by atoms with Crippen molar-refractivity contribution in [3.63, 3.8) is 0 Å². The van der Waals surface area contributed by atoms with E-state index in [-0.39, 0.29) is 5.91 Å². The van der Waals surface area contributed by atoms with Gasteiger partial charge < -0.3 is 9.64 Å². The number of aromatic nitrogens is 1. The van der Waals surface area contributed by atoms with Gasteiger partial charge in [0.05, 0.1) is 17.2 Å².